The van der Waals surface area contributed by atoms with E-state index in [9.17, 15) is 0 Å². The van der Waals surface area contributed by atoms with Crippen LogP contribution in [0.2, 0.25) is 0 Å². The van der Waals surface area contributed by atoms with E-state index in [0.717, 1.165) is 12.0 Å². The van der Waals surface area contributed by atoms with Crippen LogP contribution in [0.5, 0.6) is 0 Å². The third-order valence-corrected chi connectivity index (χ3v) is 5.51. The molecule has 0 saturated carbocycles. The lowest BCUT2D eigenvalue weighted by Gasteiger charge is -2.46. The van der Waals surface area contributed by atoms with Gasteiger partial charge in [0.2, 0.25) is 0 Å². The topological polar surface area (TPSA) is 0 Å². The van der Waals surface area contributed by atoms with Crippen molar-refractivity contribution < 1.29 is 0 Å². The number of hydrogen-bond donors (Lipinski definition) is 0. The summed E-state index contributed by atoms with van der Waals surface area (Å²) in [7, 11) is 0. The molecule has 0 spiro atoms. The summed E-state index contributed by atoms with van der Waals surface area (Å²) in [5.41, 5.74) is 7.09. The van der Waals surface area contributed by atoms with Crippen LogP contribution in [-0.4, -0.2) is 0 Å². The smallest absolute Gasteiger partial charge is 0.0113 e. The molecule has 0 amide bonds. The van der Waals surface area contributed by atoms with Crippen molar-refractivity contribution in [2.75, 3.05) is 0 Å². The quantitative estimate of drug-likeness (QED) is 0.495. The zero-order valence-corrected chi connectivity index (χ0v) is 17.1. The van der Waals surface area contributed by atoms with E-state index in [2.05, 4.69) is 84.5 Å². The molecule has 0 fully saturated rings. The fourth-order valence-corrected chi connectivity index (χ4v) is 4.05. The highest BCUT2D eigenvalue weighted by molar-refractivity contribution is 5.76. The van der Waals surface area contributed by atoms with Gasteiger partial charge >= 0.3 is 0 Å². The van der Waals surface area contributed by atoms with Gasteiger partial charge in [-0.1, -0.05) is 95.7 Å². The van der Waals surface area contributed by atoms with Gasteiger partial charge < -0.3 is 0 Å². The van der Waals surface area contributed by atoms with E-state index in [4.69, 9.17) is 0 Å². The van der Waals surface area contributed by atoms with E-state index in [-0.39, 0.29) is 5.41 Å². The lowest BCUT2D eigenvalue weighted by Crippen LogP contribution is -2.33. The second kappa shape index (κ2) is 8.01. The molecule has 2 rings (SSSR count). The largest absolute Gasteiger partial charge is 0.0955 e. The van der Waals surface area contributed by atoms with Crippen LogP contribution in [0.4, 0.5) is 0 Å². The first-order valence-electron chi connectivity index (χ1n) is 9.40. The first kappa shape index (κ1) is 20.5. The van der Waals surface area contributed by atoms with Crippen molar-refractivity contribution in [1.29, 1.82) is 0 Å². The fraction of sp³-hybridized carbons (Fsp3) is 0.500. The lowest BCUT2D eigenvalue weighted by molar-refractivity contribution is 0.311. The highest BCUT2D eigenvalue weighted by atomic mass is 14.5. The van der Waals surface area contributed by atoms with Crippen molar-refractivity contribution >= 4 is 11.1 Å². The van der Waals surface area contributed by atoms with Gasteiger partial charge in [0.05, 0.1) is 0 Å². The molecule has 1 aliphatic carbocycles. The molecule has 0 heteroatoms. The molecule has 0 radical (unpaired) electrons. The van der Waals surface area contributed by atoms with E-state index in [1.807, 2.05) is 13.8 Å². The van der Waals surface area contributed by atoms with Crippen LogP contribution in [0, 0.1) is 10.8 Å². The van der Waals surface area contributed by atoms with Crippen molar-refractivity contribution in [2.45, 2.75) is 68.2 Å². The van der Waals surface area contributed by atoms with Crippen molar-refractivity contribution in [3.05, 3.63) is 59.7 Å². The summed E-state index contributed by atoms with van der Waals surface area (Å²) < 4.78 is 0. The fourth-order valence-electron chi connectivity index (χ4n) is 4.05. The Hall–Kier alpha value is -1.56. The van der Waals surface area contributed by atoms with Gasteiger partial charge in [0.15, 0.2) is 0 Å². The molecular formula is C24H36. The Bertz CT molecular complexity index is 623. The second-order valence-electron chi connectivity index (χ2n) is 7.42. The van der Waals surface area contributed by atoms with Crippen LogP contribution in [0.15, 0.2) is 48.6 Å². The van der Waals surface area contributed by atoms with Gasteiger partial charge in [-0.05, 0) is 48.8 Å². The summed E-state index contributed by atoms with van der Waals surface area (Å²) >= 11 is 0. The minimum absolute atomic E-state index is 0.0858. The molecule has 0 N–H and O–H groups in total. The van der Waals surface area contributed by atoms with Crippen LogP contribution < -0.4 is 0 Å². The second-order valence-corrected chi connectivity index (χ2v) is 7.42. The van der Waals surface area contributed by atoms with Crippen molar-refractivity contribution in [3.8, 4) is 0 Å². The summed E-state index contributed by atoms with van der Waals surface area (Å²) in [5, 5.41) is 0. The minimum Gasteiger partial charge on any atom is -0.0955 e. The third kappa shape index (κ3) is 3.74. The predicted octanol–water partition coefficient (Wildman–Crippen LogP) is 7.92. The normalized spacial score (nSPS) is 24.0. The molecule has 0 heterocycles. The molecule has 1 aliphatic rings. The SMILES string of the molecule is C=C(C)c1ccc(C2=CCC(C)(CC)/C(=C\C)C2(C)C)cc1.CC. The molecule has 0 nitrogen and oxygen atoms in total. The number of rotatable bonds is 3. The van der Waals surface area contributed by atoms with Crippen LogP contribution in [-0.2, 0) is 0 Å². The highest BCUT2D eigenvalue weighted by Gasteiger charge is 2.41. The van der Waals surface area contributed by atoms with Crippen LogP contribution in [0.25, 0.3) is 11.1 Å². The lowest BCUT2D eigenvalue weighted by atomic mass is 9.58. The Balaban J connectivity index is 0.00000139. The number of benzene rings is 1. The van der Waals surface area contributed by atoms with Gasteiger partial charge in [-0.3, -0.25) is 0 Å². The number of allylic oxidation sites excluding steroid dienone is 5. The van der Waals surface area contributed by atoms with Crippen LogP contribution in [0.1, 0.15) is 79.4 Å². The Morgan fingerprint density at radius 1 is 1.12 bits per heavy atom. The Labute approximate surface area is 150 Å². The molecule has 1 atom stereocenters. The molecule has 0 saturated heterocycles. The minimum atomic E-state index is 0.0858. The Kier molecular flexibility index (Phi) is 6.84. The molecule has 0 bridgehead atoms. The standard InChI is InChI=1S/C22H30.C2H6/c1-8-20-21(5,6)19(14-15-22(20,7)9-2)18-12-10-17(11-13-18)16(3)4;1-2/h8,10-14H,3,9,15H2,1-2,4-7H3;1-2H3/b20-8-;. The first-order valence-corrected chi connectivity index (χ1v) is 9.40. The molecular weight excluding hydrogens is 288 g/mol. The summed E-state index contributed by atoms with van der Waals surface area (Å²) in [4.78, 5) is 0. The van der Waals surface area contributed by atoms with E-state index >= 15 is 0 Å². The average Bonchev–Trinajstić information content (AvgIpc) is 2.56. The Morgan fingerprint density at radius 3 is 2.08 bits per heavy atom. The average molecular weight is 325 g/mol. The molecule has 1 aromatic carbocycles. The van der Waals surface area contributed by atoms with Crippen LogP contribution >= 0.6 is 0 Å². The predicted molar refractivity (Wildman–Crippen MR) is 111 cm³/mol. The van der Waals surface area contributed by atoms with Gasteiger partial charge in [-0.15, -0.1) is 0 Å². The van der Waals surface area contributed by atoms with E-state index < -0.39 is 0 Å². The van der Waals surface area contributed by atoms with Gasteiger partial charge in [-0.2, -0.15) is 0 Å². The first-order chi connectivity index (χ1) is 11.3. The maximum Gasteiger partial charge on any atom is 0.0113 e. The van der Waals surface area contributed by atoms with Crippen molar-refractivity contribution in [1.82, 2.24) is 0 Å². The highest BCUT2D eigenvalue weighted by Crippen LogP contribution is 2.55. The molecule has 0 aromatic heterocycles. The Morgan fingerprint density at radius 2 is 1.67 bits per heavy atom. The zero-order chi connectivity index (χ0) is 18.5. The van der Waals surface area contributed by atoms with Gasteiger partial charge in [0.1, 0.15) is 0 Å². The maximum absolute atomic E-state index is 4.03. The summed E-state index contributed by atoms with van der Waals surface area (Å²) in [6.45, 7) is 21.7. The van der Waals surface area contributed by atoms with E-state index in [0.29, 0.717) is 5.41 Å². The molecule has 0 aliphatic heterocycles. The zero-order valence-electron chi connectivity index (χ0n) is 17.1. The molecule has 132 valence electrons. The van der Waals surface area contributed by atoms with E-state index in [1.54, 1.807) is 5.57 Å². The monoisotopic (exact) mass is 324 g/mol. The van der Waals surface area contributed by atoms with Gasteiger partial charge in [-0.25, -0.2) is 0 Å². The van der Waals surface area contributed by atoms with E-state index in [1.165, 1.54) is 23.1 Å². The van der Waals surface area contributed by atoms with Crippen molar-refractivity contribution in [3.63, 3.8) is 0 Å². The number of hydrogen-bond acceptors (Lipinski definition) is 0. The summed E-state index contributed by atoms with van der Waals surface area (Å²) in [6, 6.07) is 8.88. The summed E-state index contributed by atoms with van der Waals surface area (Å²) in [5.74, 6) is 0. The molecule has 1 unspecified atom stereocenters. The molecule has 24 heavy (non-hydrogen) atoms. The maximum atomic E-state index is 4.03. The summed E-state index contributed by atoms with van der Waals surface area (Å²) in [6.07, 6.45) is 7.13. The van der Waals surface area contributed by atoms with Gasteiger partial charge in [0.25, 0.3) is 0 Å². The van der Waals surface area contributed by atoms with Gasteiger partial charge in [0, 0.05) is 5.41 Å². The van der Waals surface area contributed by atoms with Crippen molar-refractivity contribution in [2.24, 2.45) is 10.8 Å². The van der Waals surface area contributed by atoms with Crippen LogP contribution in [0.3, 0.4) is 0 Å². The molecule has 1 aromatic rings. The third-order valence-electron chi connectivity index (χ3n) is 5.51.